The van der Waals surface area contributed by atoms with E-state index in [2.05, 4.69) is 16.0 Å². The number of hydrogen-bond acceptors (Lipinski definition) is 8. The number of aliphatic hydroxyl groups excluding tert-OH is 1. The molecular formula is C31H35N3O7S. The van der Waals surface area contributed by atoms with E-state index in [-0.39, 0.29) is 37.9 Å². The molecule has 0 aliphatic carbocycles. The molecule has 1 heterocycles. The number of amides is 3. The highest BCUT2D eigenvalue weighted by molar-refractivity contribution is 7.99. The summed E-state index contributed by atoms with van der Waals surface area (Å²) in [6.45, 7) is 3.17. The van der Waals surface area contributed by atoms with Crippen LogP contribution in [0.15, 0.2) is 77.7 Å². The average Bonchev–Trinajstić information content (AvgIpc) is 3.00. The number of rotatable bonds is 11. The summed E-state index contributed by atoms with van der Waals surface area (Å²) in [5, 5.41) is 17.4. The Morgan fingerprint density at radius 3 is 2.19 bits per heavy atom. The van der Waals surface area contributed by atoms with Gasteiger partial charge in [0.05, 0.1) is 25.4 Å². The van der Waals surface area contributed by atoms with Crippen LogP contribution in [0.5, 0.6) is 0 Å². The number of carbonyl (C=O) groups excluding carboxylic acids is 3. The zero-order valence-corrected chi connectivity index (χ0v) is 24.3. The lowest BCUT2D eigenvalue weighted by Crippen LogP contribution is -2.34. The maximum atomic E-state index is 12.1. The van der Waals surface area contributed by atoms with Crippen LogP contribution in [0.1, 0.15) is 49.4 Å². The zero-order valence-electron chi connectivity index (χ0n) is 23.5. The van der Waals surface area contributed by atoms with Crippen molar-refractivity contribution in [1.29, 1.82) is 0 Å². The standard InChI is InChI=1S/C31H35N3O7S/c1-3-39-29(37)17-32-31(38)34-25-10-8-23(9-11-25)30-40-26(16-28(41-30)22-6-4-21(18-35)5-7-22)19-42-27-14-12-24(13-15-27)33-20(2)36/h4-15,26,28,30,35H,3,16-19H2,1-2H3,(H,33,36)(H2,32,34,38)/t26-,28+,30+/m1/s1. The molecule has 0 saturated carbocycles. The van der Waals surface area contributed by atoms with Crippen molar-refractivity contribution in [2.24, 2.45) is 0 Å². The molecule has 0 aromatic heterocycles. The van der Waals surface area contributed by atoms with E-state index in [0.717, 1.165) is 27.3 Å². The molecule has 1 aliphatic heterocycles. The van der Waals surface area contributed by atoms with Gasteiger partial charge in [-0.25, -0.2) is 4.79 Å². The quantitative estimate of drug-likeness (QED) is 0.177. The number of nitrogens with one attached hydrogen (secondary N) is 3. The summed E-state index contributed by atoms with van der Waals surface area (Å²) in [6, 6.07) is 22.0. The third kappa shape index (κ3) is 9.31. The Morgan fingerprint density at radius 2 is 1.55 bits per heavy atom. The topological polar surface area (TPSA) is 135 Å². The molecule has 3 aromatic carbocycles. The van der Waals surface area contributed by atoms with Gasteiger partial charge in [-0.3, -0.25) is 9.59 Å². The molecule has 0 unspecified atom stereocenters. The number of benzene rings is 3. The van der Waals surface area contributed by atoms with Crippen molar-refractivity contribution in [2.45, 2.75) is 50.3 Å². The van der Waals surface area contributed by atoms with Gasteiger partial charge in [-0.15, -0.1) is 11.8 Å². The maximum absolute atomic E-state index is 12.1. The van der Waals surface area contributed by atoms with Crippen LogP contribution in [-0.2, 0) is 30.4 Å². The number of ether oxygens (including phenoxy) is 3. The van der Waals surface area contributed by atoms with Gasteiger partial charge in [-0.05, 0) is 54.4 Å². The Labute approximate surface area is 249 Å². The zero-order chi connectivity index (χ0) is 29.9. The van der Waals surface area contributed by atoms with Gasteiger partial charge in [0.2, 0.25) is 5.91 Å². The van der Waals surface area contributed by atoms with Crippen molar-refractivity contribution >= 4 is 41.0 Å². The van der Waals surface area contributed by atoms with E-state index >= 15 is 0 Å². The van der Waals surface area contributed by atoms with Crippen LogP contribution < -0.4 is 16.0 Å². The highest BCUT2D eigenvalue weighted by Crippen LogP contribution is 2.39. The third-order valence-corrected chi connectivity index (χ3v) is 7.51. The second kappa shape index (κ2) is 15.4. The van der Waals surface area contributed by atoms with Crippen LogP contribution in [-0.4, -0.2) is 48.0 Å². The van der Waals surface area contributed by atoms with E-state index in [9.17, 15) is 19.5 Å². The van der Waals surface area contributed by atoms with E-state index in [0.29, 0.717) is 17.9 Å². The van der Waals surface area contributed by atoms with Crippen LogP contribution in [0.3, 0.4) is 0 Å². The molecule has 1 saturated heterocycles. The second-order valence-corrected chi connectivity index (χ2v) is 10.7. The largest absolute Gasteiger partial charge is 0.465 e. The molecule has 42 heavy (non-hydrogen) atoms. The van der Waals surface area contributed by atoms with Gasteiger partial charge in [0.25, 0.3) is 0 Å². The molecule has 4 N–H and O–H groups in total. The predicted octanol–water partition coefficient (Wildman–Crippen LogP) is 5.16. The fourth-order valence-corrected chi connectivity index (χ4v) is 5.23. The minimum atomic E-state index is -0.638. The molecule has 4 rings (SSSR count). The molecule has 10 nitrogen and oxygen atoms in total. The smallest absolute Gasteiger partial charge is 0.325 e. The van der Waals surface area contributed by atoms with Crippen molar-refractivity contribution < 1.29 is 33.7 Å². The Kier molecular flexibility index (Phi) is 11.4. The molecule has 3 atom stereocenters. The van der Waals surface area contributed by atoms with E-state index < -0.39 is 18.3 Å². The summed E-state index contributed by atoms with van der Waals surface area (Å²) in [5.41, 5.74) is 3.90. The van der Waals surface area contributed by atoms with Gasteiger partial charge in [0.1, 0.15) is 6.54 Å². The minimum Gasteiger partial charge on any atom is -0.465 e. The first-order valence-electron chi connectivity index (χ1n) is 13.6. The van der Waals surface area contributed by atoms with Gasteiger partial charge in [-0.1, -0.05) is 36.4 Å². The molecule has 1 fully saturated rings. The van der Waals surface area contributed by atoms with Crippen LogP contribution >= 0.6 is 11.8 Å². The fourth-order valence-electron chi connectivity index (χ4n) is 4.31. The highest BCUT2D eigenvalue weighted by Gasteiger charge is 2.32. The molecule has 1 aliphatic rings. The number of aliphatic hydroxyl groups is 1. The van der Waals surface area contributed by atoms with Crippen molar-refractivity contribution in [3.63, 3.8) is 0 Å². The molecular weight excluding hydrogens is 558 g/mol. The summed E-state index contributed by atoms with van der Waals surface area (Å²) in [7, 11) is 0. The minimum absolute atomic E-state index is 0.0290. The Balaban J connectivity index is 1.42. The maximum Gasteiger partial charge on any atom is 0.325 e. The van der Waals surface area contributed by atoms with Crippen LogP contribution in [0.4, 0.5) is 16.2 Å². The van der Waals surface area contributed by atoms with Gasteiger partial charge in [0, 0.05) is 40.9 Å². The third-order valence-electron chi connectivity index (χ3n) is 6.36. The average molecular weight is 594 g/mol. The van der Waals surface area contributed by atoms with Gasteiger partial charge < -0.3 is 35.3 Å². The first-order chi connectivity index (χ1) is 20.3. The van der Waals surface area contributed by atoms with Crippen LogP contribution in [0.2, 0.25) is 0 Å². The van der Waals surface area contributed by atoms with E-state index in [4.69, 9.17) is 14.2 Å². The van der Waals surface area contributed by atoms with E-state index in [1.54, 1.807) is 30.8 Å². The number of esters is 1. The van der Waals surface area contributed by atoms with Crippen molar-refractivity contribution in [3.05, 3.63) is 89.5 Å². The molecule has 222 valence electrons. The van der Waals surface area contributed by atoms with Gasteiger partial charge in [0.15, 0.2) is 6.29 Å². The Bertz CT molecular complexity index is 1330. The Morgan fingerprint density at radius 1 is 0.905 bits per heavy atom. The normalized spacial score (nSPS) is 18.1. The lowest BCUT2D eigenvalue weighted by atomic mass is 10.0. The second-order valence-electron chi connectivity index (χ2n) is 9.60. The number of urea groups is 1. The number of thioether (sulfide) groups is 1. The first kappa shape index (κ1) is 31.0. The summed E-state index contributed by atoms with van der Waals surface area (Å²) in [5.74, 6) is 0.0613. The monoisotopic (exact) mass is 593 g/mol. The van der Waals surface area contributed by atoms with E-state index in [1.807, 2.05) is 60.7 Å². The SMILES string of the molecule is CCOC(=O)CNC(=O)Nc1ccc([C@H]2O[C@@H](CSc3ccc(NC(C)=O)cc3)C[C@@H](c3ccc(CO)cc3)O2)cc1. The van der Waals surface area contributed by atoms with Gasteiger partial charge >= 0.3 is 12.0 Å². The lowest BCUT2D eigenvalue weighted by molar-refractivity contribution is -0.245. The summed E-state index contributed by atoms with van der Waals surface area (Å²) < 4.78 is 17.6. The summed E-state index contributed by atoms with van der Waals surface area (Å²) in [4.78, 5) is 36.0. The highest BCUT2D eigenvalue weighted by atomic mass is 32.2. The van der Waals surface area contributed by atoms with Gasteiger partial charge in [-0.2, -0.15) is 0 Å². The predicted molar refractivity (Wildman–Crippen MR) is 160 cm³/mol. The molecule has 3 aromatic rings. The van der Waals surface area contributed by atoms with Crippen molar-refractivity contribution in [3.8, 4) is 0 Å². The molecule has 11 heteroatoms. The lowest BCUT2D eigenvalue weighted by Gasteiger charge is -2.36. The number of carbonyl (C=O) groups is 3. The molecule has 0 bridgehead atoms. The number of anilines is 2. The molecule has 0 radical (unpaired) electrons. The first-order valence-corrected chi connectivity index (χ1v) is 14.6. The summed E-state index contributed by atoms with van der Waals surface area (Å²) >= 11 is 1.66. The summed E-state index contributed by atoms with van der Waals surface area (Å²) in [6.07, 6.45) is -0.346. The fraction of sp³-hybridized carbons (Fsp3) is 0.323. The van der Waals surface area contributed by atoms with Crippen LogP contribution in [0, 0.1) is 0 Å². The van der Waals surface area contributed by atoms with Crippen molar-refractivity contribution in [1.82, 2.24) is 5.32 Å². The van der Waals surface area contributed by atoms with Crippen molar-refractivity contribution in [2.75, 3.05) is 29.5 Å². The van der Waals surface area contributed by atoms with E-state index in [1.165, 1.54) is 6.92 Å². The van der Waals surface area contributed by atoms with Crippen LogP contribution in [0.25, 0.3) is 0 Å². The number of hydrogen-bond donors (Lipinski definition) is 4. The molecule has 3 amide bonds. The molecule has 0 spiro atoms. The Hall–Kier alpha value is -3.90.